The largest absolute Gasteiger partial charge is 0.494 e. The average Bonchev–Trinajstić information content (AvgIpc) is 3.02. The van der Waals surface area contributed by atoms with Gasteiger partial charge in [0.05, 0.1) is 12.4 Å². The summed E-state index contributed by atoms with van der Waals surface area (Å²) in [6, 6.07) is 13.7. The smallest absolute Gasteiger partial charge is 0.147 e. The minimum Gasteiger partial charge on any atom is -0.494 e. The lowest BCUT2D eigenvalue weighted by Crippen LogP contribution is -2.07. The zero-order chi connectivity index (χ0) is 17.0. The molecule has 0 heterocycles. The maximum absolute atomic E-state index is 11.1. The van der Waals surface area contributed by atoms with Gasteiger partial charge in [0.1, 0.15) is 27.1 Å². The summed E-state index contributed by atoms with van der Waals surface area (Å²) in [5.74, 6) is 2.58. The first-order valence-electron chi connectivity index (χ1n) is 8.20. The van der Waals surface area contributed by atoms with Gasteiger partial charge in [-0.2, -0.15) is 0 Å². The third-order valence-corrected chi connectivity index (χ3v) is 5.11. The van der Waals surface area contributed by atoms with E-state index in [0.29, 0.717) is 18.8 Å². The Morgan fingerprint density at radius 2 is 1.75 bits per heavy atom. The van der Waals surface area contributed by atoms with Crippen molar-refractivity contribution >= 4 is 9.84 Å². The second-order valence-electron chi connectivity index (χ2n) is 6.15. The molecule has 0 fully saturated rings. The standard InChI is InChI=1S/C19H22O4S/c1-24(20,21)14-4-13-22-16-9-11-17(12-10-16)23-19-8-3-6-15-5-2-7-18(15)19/h3,6,8-12H,2,4-5,7,13-14H2,1H3. The number of ether oxygens (including phenoxy) is 2. The lowest BCUT2D eigenvalue weighted by atomic mass is 10.1. The van der Waals surface area contributed by atoms with Gasteiger partial charge in [0.25, 0.3) is 0 Å². The van der Waals surface area contributed by atoms with Gasteiger partial charge in [-0.3, -0.25) is 0 Å². The number of hydrogen-bond acceptors (Lipinski definition) is 4. The quantitative estimate of drug-likeness (QED) is 0.716. The molecule has 0 unspecified atom stereocenters. The van der Waals surface area contributed by atoms with E-state index in [1.165, 1.54) is 23.8 Å². The summed E-state index contributed by atoms with van der Waals surface area (Å²) in [4.78, 5) is 0. The Morgan fingerprint density at radius 3 is 2.50 bits per heavy atom. The Balaban J connectivity index is 1.56. The highest BCUT2D eigenvalue weighted by atomic mass is 32.2. The second kappa shape index (κ2) is 7.26. The van der Waals surface area contributed by atoms with E-state index in [1.54, 1.807) is 0 Å². The van der Waals surface area contributed by atoms with E-state index in [2.05, 4.69) is 6.07 Å². The molecule has 24 heavy (non-hydrogen) atoms. The number of hydrogen-bond donors (Lipinski definition) is 0. The minimum absolute atomic E-state index is 0.146. The lowest BCUT2D eigenvalue weighted by Gasteiger charge is -2.11. The molecule has 0 aromatic heterocycles. The van der Waals surface area contributed by atoms with Crippen LogP contribution in [0.25, 0.3) is 0 Å². The van der Waals surface area contributed by atoms with E-state index in [9.17, 15) is 8.42 Å². The number of aryl methyl sites for hydroxylation is 1. The number of fused-ring (bicyclic) bond motifs is 1. The summed E-state index contributed by atoms with van der Waals surface area (Å²) >= 11 is 0. The molecule has 0 N–H and O–H groups in total. The van der Waals surface area contributed by atoms with Crippen molar-refractivity contribution < 1.29 is 17.9 Å². The van der Waals surface area contributed by atoms with Gasteiger partial charge >= 0.3 is 0 Å². The Morgan fingerprint density at radius 1 is 1.00 bits per heavy atom. The molecule has 0 amide bonds. The molecule has 4 nitrogen and oxygen atoms in total. The van der Waals surface area contributed by atoms with Crippen LogP contribution in [0.5, 0.6) is 17.2 Å². The van der Waals surface area contributed by atoms with Gasteiger partial charge in [0.2, 0.25) is 0 Å². The molecule has 0 radical (unpaired) electrons. The van der Waals surface area contributed by atoms with Crippen molar-refractivity contribution in [2.45, 2.75) is 25.7 Å². The second-order valence-corrected chi connectivity index (χ2v) is 8.41. The van der Waals surface area contributed by atoms with E-state index in [-0.39, 0.29) is 5.75 Å². The minimum atomic E-state index is -2.92. The Kier molecular flexibility index (Phi) is 5.09. The number of sulfone groups is 1. The monoisotopic (exact) mass is 346 g/mol. The van der Waals surface area contributed by atoms with Crippen molar-refractivity contribution in [3.05, 3.63) is 53.6 Å². The molecular formula is C19H22O4S. The highest BCUT2D eigenvalue weighted by molar-refractivity contribution is 7.90. The maximum Gasteiger partial charge on any atom is 0.147 e. The molecule has 0 saturated heterocycles. The normalized spacial score (nSPS) is 13.5. The molecule has 0 aliphatic heterocycles. The highest BCUT2D eigenvalue weighted by Crippen LogP contribution is 2.33. The first-order valence-corrected chi connectivity index (χ1v) is 10.3. The molecule has 128 valence electrons. The molecule has 3 rings (SSSR count). The zero-order valence-electron chi connectivity index (χ0n) is 13.8. The predicted molar refractivity (Wildman–Crippen MR) is 94.8 cm³/mol. The van der Waals surface area contributed by atoms with Crippen LogP contribution in [-0.4, -0.2) is 27.0 Å². The van der Waals surface area contributed by atoms with Gasteiger partial charge in [-0.25, -0.2) is 8.42 Å². The maximum atomic E-state index is 11.1. The third kappa shape index (κ3) is 4.51. The van der Waals surface area contributed by atoms with E-state index in [1.807, 2.05) is 36.4 Å². The Labute approximate surface area is 143 Å². The van der Waals surface area contributed by atoms with Gasteiger partial charge in [0, 0.05) is 6.26 Å². The first kappa shape index (κ1) is 16.8. The molecule has 1 aliphatic carbocycles. The first-order chi connectivity index (χ1) is 11.5. The van der Waals surface area contributed by atoms with Crippen LogP contribution in [0, 0.1) is 0 Å². The van der Waals surface area contributed by atoms with E-state index in [0.717, 1.165) is 24.3 Å². The molecule has 0 bridgehead atoms. The number of benzene rings is 2. The van der Waals surface area contributed by atoms with Crippen LogP contribution in [-0.2, 0) is 22.7 Å². The van der Waals surface area contributed by atoms with Crippen LogP contribution < -0.4 is 9.47 Å². The van der Waals surface area contributed by atoms with Crippen LogP contribution in [0.4, 0.5) is 0 Å². The van der Waals surface area contributed by atoms with E-state index < -0.39 is 9.84 Å². The molecule has 2 aromatic rings. The molecule has 5 heteroatoms. The summed E-state index contributed by atoms with van der Waals surface area (Å²) < 4.78 is 33.7. The fourth-order valence-corrected chi connectivity index (χ4v) is 3.56. The molecule has 0 saturated carbocycles. The van der Waals surface area contributed by atoms with Crippen molar-refractivity contribution in [2.75, 3.05) is 18.6 Å². The van der Waals surface area contributed by atoms with Gasteiger partial charge in [-0.05, 0) is 67.1 Å². The van der Waals surface area contributed by atoms with Crippen LogP contribution in [0.1, 0.15) is 24.0 Å². The van der Waals surface area contributed by atoms with Crippen LogP contribution in [0.3, 0.4) is 0 Å². The summed E-state index contributed by atoms with van der Waals surface area (Å²) in [7, 11) is -2.92. The lowest BCUT2D eigenvalue weighted by molar-refractivity contribution is 0.317. The molecule has 0 spiro atoms. The number of rotatable bonds is 7. The SMILES string of the molecule is CS(=O)(=O)CCCOc1ccc(Oc2cccc3c2CCC3)cc1. The summed E-state index contributed by atoms with van der Waals surface area (Å²) in [6.07, 6.45) is 5.13. The van der Waals surface area contributed by atoms with Gasteiger partial charge in [-0.15, -0.1) is 0 Å². The van der Waals surface area contributed by atoms with Crippen molar-refractivity contribution in [1.82, 2.24) is 0 Å². The van der Waals surface area contributed by atoms with Crippen molar-refractivity contribution in [3.8, 4) is 17.2 Å². The Hall–Kier alpha value is -2.01. The fraction of sp³-hybridized carbons (Fsp3) is 0.368. The third-order valence-electron chi connectivity index (χ3n) is 4.08. The van der Waals surface area contributed by atoms with Crippen LogP contribution in [0.15, 0.2) is 42.5 Å². The highest BCUT2D eigenvalue weighted by Gasteiger charge is 2.15. The van der Waals surface area contributed by atoms with E-state index in [4.69, 9.17) is 9.47 Å². The van der Waals surface area contributed by atoms with Crippen molar-refractivity contribution in [3.63, 3.8) is 0 Å². The predicted octanol–water partition coefficient (Wildman–Crippen LogP) is 3.78. The molecular weight excluding hydrogens is 324 g/mol. The fourth-order valence-electron chi connectivity index (χ4n) is 2.92. The zero-order valence-corrected chi connectivity index (χ0v) is 14.6. The molecule has 2 aromatic carbocycles. The van der Waals surface area contributed by atoms with E-state index >= 15 is 0 Å². The van der Waals surface area contributed by atoms with Gasteiger partial charge < -0.3 is 9.47 Å². The van der Waals surface area contributed by atoms with Crippen LogP contribution in [0.2, 0.25) is 0 Å². The average molecular weight is 346 g/mol. The summed E-state index contributed by atoms with van der Waals surface area (Å²) in [6.45, 7) is 0.388. The summed E-state index contributed by atoms with van der Waals surface area (Å²) in [5, 5.41) is 0. The van der Waals surface area contributed by atoms with Gasteiger partial charge in [0.15, 0.2) is 0 Å². The Bertz CT molecular complexity index is 795. The van der Waals surface area contributed by atoms with Gasteiger partial charge in [-0.1, -0.05) is 12.1 Å². The van der Waals surface area contributed by atoms with Crippen molar-refractivity contribution in [2.24, 2.45) is 0 Å². The topological polar surface area (TPSA) is 52.6 Å². The van der Waals surface area contributed by atoms with Crippen LogP contribution >= 0.6 is 0 Å². The van der Waals surface area contributed by atoms with Crippen molar-refractivity contribution in [1.29, 1.82) is 0 Å². The summed E-state index contributed by atoms with van der Waals surface area (Å²) in [5.41, 5.74) is 2.71. The molecule has 0 atom stereocenters. The molecule has 1 aliphatic rings.